The lowest BCUT2D eigenvalue weighted by Gasteiger charge is -2.43. The number of hydrogen-bond acceptors (Lipinski definition) is 8. The number of aliphatic carboxylic acids is 1. The molecule has 2 unspecified atom stereocenters. The van der Waals surface area contributed by atoms with Crippen LogP contribution in [0.5, 0.6) is 11.5 Å². The molecule has 5 rings (SSSR count). The minimum absolute atomic E-state index is 0.000875. The third-order valence-electron chi connectivity index (χ3n) is 6.30. The fraction of sp³-hybridized carbons (Fsp3) is 0.435. The van der Waals surface area contributed by atoms with E-state index >= 15 is 0 Å². The summed E-state index contributed by atoms with van der Waals surface area (Å²) in [6.07, 6.45) is 3.52. The van der Waals surface area contributed by atoms with Gasteiger partial charge in [-0.25, -0.2) is 9.97 Å². The summed E-state index contributed by atoms with van der Waals surface area (Å²) < 4.78 is 11.2. The second-order valence-corrected chi connectivity index (χ2v) is 9.28. The Hall–Kier alpha value is -2.91. The van der Waals surface area contributed by atoms with Crippen molar-refractivity contribution in [1.29, 1.82) is 0 Å². The van der Waals surface area contributed by atoms with Crippen LogP contribution in [-0.4, -0.2) is 58.9 Å². The molecule has 2 N–H and O–H groups in total. The van der Waals surface area contributed by atoms with Gasteiger partial charge in [-0.05, 0) is 55.3 Å². The summed E-state index contributed by atoms with van der Waals surface area (Å²) >= 11 is 1.59. The molecule has 2 atom stereocenters. The summed E-state index contributed by atoms with van der Waals surface area (Å²) in [5.41, 5.74) is 0.127. The standard InChI is InChI=1S/C23H26N4O4S/c1-15-13-23(21(28)29,6-8-27(15)22-24-14-17-5-11-32-20(17)26-22)25-7-4-16-2-3-18-19(12-16)31-10-9-30-18/h2-3,5,11-12,14-15,25H,4,6-10,13H2,1H3,(H,28,29). The summed E-state index contributed by atoms with van der Waals surface area (Å²) in [5.74, 6) is 1.38. The lowest BCUT2D eigenvalue weighted by molar-refractivity contribution is -0.146. The molecular formula is C23H26N4O4S. The van der Waals surface area contributed by atoms with Crippen molar-refractivity contribution >= 4 is 33.5 Å². The summed E-state index contributed by atoms with van der Waals surface area (Å²) in [4.78, 5) is 24.6. The van der Waals surface area contributed by atoms with Crippen molar-refractivity contribution in [3.8, 4) is 11.5 Å². The molecule has 0 radical (unpaired) electrons. The number of carboxylic acid groups (broad SMARTS) is 1. The molecule has 1 fully saturated rings. The lowest BCUT2D eigenvalue weighted by Crippen LogP contribution is -2.61. The van der Waals surface area contributed by atoms with Gasteiger partial charge in [0.25, 0.3) is 0 Å². The topological polar surface area (TPSA) is 96.8 Å². The van der Waals surface area contributed by atoms with Gasteiger partial charge in [-0.2, -0.15) is 0 Å². The van der Waals surface area contributed by atoms with Gasteiger partial charge in [0.15, 0.2) is 11.5 Å². The van der Waals surface area contributed by atoms with Crippen LogP contribution in [0.3, 0.4) is 0 Å². The highest BCUT2D eigenvalue weighted by molar-refractivity contribution is 7.16. The summed E-state index contributed by atoms with van der Waals surface area (Å²) in [6.45, 7) is 4.31. The molecule has 32 heavy (non-hydrogen) atoms. The van der Waals surface area contributed by atoms with Crippen LogP contribution in [0.25, 0.3) is 10.2 Å². The highest BCUT2D eigenvalue weighted by Crippen LogP contribution is 2.32. The number of benzene rings is 1. The van der Waals surface area contributed by atoms with Gasteiger partial charge in [0.05, 0.1) is 0 Å². The van der Waals surface area contributed by atoms with Crippen molar-refractivity contribution in [2.75, 3.05) is 31.2 Å². The SMILES string of the molecule is CC1CC(NCCc2ccc3c(c2)OCCO3)(C(=O)O)CCN1c1ncc2ccsc2n1. The van der Waals surface area contributed by atoms with Crippen LogP contribution in [0.4, 0.5) is 5.95 Å². The maximum atomic E-state index is 12.3. The number of fused-ring (bicyclic) bond motifs is 2. The third kappa shape index (κ3) is 3.98. The fourth-order valence-corrected chi connectivity index (χ4v) is 5.29. The summed E-state index contributed by atoms with van der Waals surface area (Å²) in [5, 5.41) is 16.5. The molecule has 0 bridgehead atoms. The number of anilines is 1. The molecule has 8 nitrogen and oxygen atoms in total. The quantitative estimate of drug-likeness (QED) is 0.587. The van der Waals surface area contributed by atoms with Crippen molar-refractivity contribution in [3.05, 3.63) is 41.4 Å². The van der Waals surface area contributed by atoms with E-state index in [4.69, 9.17) is 9.47 Å². The Morgan fingerprint density at radius 2 is 2.16 bits per heavy atom. The molecule has 0 spiro atoms. The van der Waals surface area contributed by atoms with E-state index in [9.17, 15) is 9.90 Å². The van der Waals surface area contributed by atoms with Crippen molar-refractivity contribution < 1.29 is 19.4 Å². The van der Waals surface area contributed by atoms with E-state index in [1.165, 1.54) is 0 Å². The van der Waals surface area contributed by atoms with Crippen molar-refractivity contribution in [2.45, 2.75) is 37.8 Å². The van der Waals surface area contributed by atoms with E-state index in [0.29, 0.717) is 51.5 Å². The fourth-order valence-electron chi connectivity index (χ4n) is 4.55. The number of carboxylic acids is 1. The first kappa shape index (κ1) is 21.0. The number of piperidine rings is 1. The molecule has 0 aliphatic carbocycles. The molecule has 3 aromatic rings. The van der Waals surface area contributed by atoms with Crippen LogP contribution in [0.15, 0.2) is 35.8 Å². The number of nitrogens with one attached hydrogen (secondary N) is 1. The first-order valence-corrected chi connectivity index (χ1v) is 11.8. The average molecular weight is 455 g/mol. The monoisotopic (exact) mass is 454 g/mol. The molecule has 168 valence electrons. The highest BCUT2D eigenvalue weighted by Gasteiger charge is 2.44. The zero-order chi connectivity index (χ0) is 22.1. The molecule has 9 heteroatoms. The number of aromatic nitrogens is 2. The molecule has 2 aromatic heterocycles. The maximum absolute atomic E-state index is 12.3. The van der Waals surface area contributed by atoms with E-state index in [1.807, 2.05) is 42.8 Å². The first-order valence-electron chi connectivity index (χ1n) is 10.9. The number of rotatable bonds is 6. The van der Waals surface area contributed by atoms with E-state index in [2.05, 4.69) is 20.2 Å². The van der Waals surface area contributed by atoms with Gasteiger partial charge in [0.1, 0.15) is 23.6 Å². The predicted octanol–water partition coefficient (Wildman–Crippen LogP) is 3.11. The minimum atomic E-state index is -0.962. The molecule has 1 aromatic carbocycles. The Morgan fingerprint density at radius 1 is 1.31 bits per heavy atom. The second-order valence-electron chi connectivity index (χ2n) is 8.39. The Labute approximate surface area is 190 Å². The zero-order valence-corrected chi connectivity index (χ0v) is 18.7. The molecule has 2 aliphatic rings. The maximum Gasteiger partial charge on any atom is 0.324 e. The molecule has 4 heterocycles. The van der Waals surface area contributed by atoms with Gasteiger partial charge in [-0.3, -0.25) is 4.79 Å². The van der Waals surface area contributed by atoms with Crippen LogP contribution in [-0.2, 0) is 11.2 Å². The van der Waals surface area contributed by atoms with Crippen molar-refractivity contribution in [2.24, 2.45) is 0 Å². The first-order chi connectivity index (χ1) is 15.5. The molecule has 2 aliphatic heterocycles. The minimum Gasteiger partial charge on any atom is -0.486 e. The van der Waals surface area contributed by atoms with E-state index in [1.54, 1.807) is 11.3 Å². The number of thiophene rings is 1. The van der Waals surface area contributed by atoms with E-state index in [-0.39, 0.29) is 6.04 Å². The second kappa shape index (κ2) is 8.55. The van der Waals surface area contributed by atoms with Gasteiger partial charge in [0, 0.05) is 30.7 Å². The van der Waals surface area contributed by atoms with Crippen LogP contribution in [0.2, 0.25) is 0 Å². The van der Waals surface area contributed by atoms with Crippen molar-refractivity contribution in [3.63, 3.8) is 0 Å². The number of hydrogen-bond donors (Lipinski definition) is 2. The Kier molecular flexibility index (Phi) is 5.60. The zero-order valence-electron chi connectivity index (χ0n) is 17.9. The smallest absolute Gasteiger partial charge is 0.324 e. The largest absolute Gasteiger partial charge is 0.486 e. The Balaban J connectivity index is 1.25. The normalized spacial score (nSPS) is 22.8. The van der Waals surface area contributed by atoms with E-state index in [0.717, 1.165) is 27.3 Å². The van der Waals surface area contributed by atoms with Crippen LogP contribution in [0.1, 0.15) is 25.3 Å². The van der Waals surface area contributed by atoms with Gasteiger partial charge in [0.2, 0.25) is 5.95 Å². The summed E-state index contributed by atoms with van der Waals surface area (Å²) in [6, 6.07) is 7.91. The average Bonchev–Trinajstić information content (AvgIpc) is 3.27. The van der Waals surface area contributed by atoms with Gasteiger partial charge in [-0.15, -0.1) is 11.3 Å². The summed E-state index contributed by atoms with van der Waals surface area (Å²) in [7, 11) is 0. The molecular weight excluding hydrogens is 428 g/mol. The Bertz CT molecular complexity index is 1140. The van der Waals surface area contributed by atoms with Crippen LogP contribution >= 0.6 is 11.3 Å². The van der Waals surface area contributed by atoms with Crippen molar-refractivity contribution in [1.82, 2.24) is 15.3 Å². The van der Waals surface area contributed by atoms with Gasteiger partial charge >= 0.3 is 5.97 Å². The highest BCUT2D eigenvalue weighted by atomic mass is 32.1. The third-order valence-corrected chi connectivity index (χ3v) is 7.12. The van der Waals surface area contributed by atoms with Crippen LogP contribution in [0, 0.1) is 0 Å². The van der Waals surface area contributed by atoms with Gasteiger partial charge < -0.3 is 24.8 Å². The Morgan fingerprint density at radius 3 is 2.97 bits per heavy atom. The predicted molar refractivity (Wildman–Crippen MR) is 123 cm³/mol. The van der Waals surface area contributed by atoms with Crippen LogP contribution < -0.4 is 19.7 Å². The number of carbonyl (C=O) groups is 1. The van der Waals surface area contributed by atoms with E-state index < -0.39 is 11.5 Å². The molecule has 0 amide bonds. The van der Waals surface area contributed by atoms with Gasteiger partial charge in [-0.1, -0.05) is 6.07 Å². The molecule has 1 saturated heterocycles. The number of nitrogens with zero attached hydrogens (tertiary/aromatic N) is 3. The molecule has 0 saturated carbocycles. The lowest BCUT2D eigenvalue weighted by atomic mass is 9.83. The number of ether oxygens (including phenoxy) is 2.